The highest BCUT2D eigenvalue weighted by Gasteiger charge is 2.20. The standard InChI is InChI=1S/C18H25NO4/c1-13-3-9-16(10-4-13)19-17(20)12-23-18(21)15-7-5-14(6-8-15)11-22-2/h5-8,13,16H,3-4,9-12H2,1-2H3,(H,19,20). The summed E-state index contributed by atoms with van der Waals surface area (Å²) in [6.45, 7) is 2.50. The van der Waals surface area contributed by atoms with Gasteiger partial charge in [-0.2, -0.15) is 0 Å². The summed E-state index contributed by atoms with van der Waals surface area (Å²) in [6.07, 6.45) is 4.28. The lowest BCUT2D eigenvalue weighted by atomic mass is 9.87. The molecule has 0 bridgehead atoms. The van der Waals surface area contributed by atoms with Crippen LogP contribution in [-0.2, 0) is 20.9 Å². The molecule has 1 aromatic carbocycles. The summed E-state index contributed by atoms with van der Waals surface area (Å²) < 4.78 is 10.1. The van der Waals surface area contributed by atoms with E-state index in [0.717, 1.165) is 37.2 Å². The van der Waals surface area contributed by atoms with Crippen LogP contribution in [-0.4, -0.2) is 31.6 Å². The van der Waals surface area contributed by atoms with Crippen molar-refractivity contribution < 1.29 is 19.1 Å². The third-order valence-electron chi connectivity index (χ3n) is 4.22. The van der Waals surface area contributed by atoms with Gasteiger partial charge in [-0.15, -0.1) is 0 Å². The Kier molecular flexibility index (Phi) is 6.59. The molecule has 0 spiro atoms. The number of hydrogen-bond donors (Lipinski definition) is 1. The summed E-state index contributed by atoms with van der Waals surface area (Å²) in [7, 11) is 1.62. The van der Waals surface area contributed by atoms with Crippen LogP contribution >= 0.6 is 0 Å². The molecule has 1 saturated carbocycles. The molecular formula is C18H25NO4. The number of ether oxygens (including phenoxy) is 2. The topological polar surface area (TPSA) is 64.6 Å². The van der Waals surface area contributed by atoms with Crippen LogP contribution in [0.1, 0.15) is 48.5 Å². The van der Waals surface area contributed by atoms with Crippen molar-refractivity contribution in [2.45, 2.75) is 45.3 Å². The second-order valence-electron chi connectivity index (χ2n) is 6.23. The highest BCUT2D eigenvalue weighted by molar-refractivity contribution is 5.91. The van der Waals surface area contributed by atoms with E-state index in [2.05, 4.69) is 12.2 Å². The van der Waals surface area contributed by atoms with Gasteiger partial charge in [-0.1, -0.05) is 19.1 Å². The molecule has 0 aliphatic heterocycles. The van der Waals surface area contributed by atoms with Crippen LogP contribution in [0, 0.1) is 5.92 Å². The number of methoxy groups -OCH3 is 1. The first kappa shape index (κ1) is 17.5. The lowest BCUT2D eigenvalue weighted by Crippen LogP contribution is -2.39. The molecule has 2 rings (SSSR count). The Balaban J connectivity index is 1.73. The Labute approximate surface area is 137 Å². The van der Waals surface area contributed by atoms with E-state index in [-0.39, 0.29) is 18.6 Å². The Hall–Kier alpha value is -1.88. The highest BCUT2D eigenvalue weighted by atomic mass is 16.5. The molecule has 1 aliphatic rings. The predicted molar refractivity (Wildman–Crippen MR) is 87.0 cm³/mol. The minimum atomic E-state index is -0.485. The summed E-state index contributed by atoms with van der Waals surface area (Å²) in [5.74, 6) is 0.0253. The zero-order valence-corrected chi connectivity index (χ0v) is 13.8. The van der Waals surface area contributed by atoms with Gasteiger partial charge >= 0.3 is 5.97 Å². The second kappa shape index (κ2) is 8.67. The average molecular weight is 319 g/mol. The van der Waals surface area contributed by atoms with Crippen LogP contribution in [0.3, 0.4) is 0 Å². The molecule has 126 valence electrons. The molecule has 0 atom stereocenters. The Morgan fingerprint density at radius 1 is 1.13 bits per heavy atom. The number of benzene rings is 1. The van der Waals surface area contributed by atoms with Gasteiger partial charge < -0.3 is 14.8 Å². The van der Waals surface area contributed by atoms with Gasteiger partial charge in [0.15, 0.2) is 6.61 Å². The molecule has 0 radical (unpaired) electrons. The quantitative estimate of drug-likeness (QED) is 0.819. The maximum absolute atomic E-state index is 11.9. The molecule has 0 unspecified atom stereocenters. The zero-order valence-electron chi connectivity index (χ0n) is 13.8. The summed E-state index contributed by atoms with van der Waals surface area (Å²) in [4.78, 5) is 23.8. The summed E-state index contributed by atoms with van der Waals surface area (Å²) in [5, 5.41) is 2.94. The molecule has 0 saturated heterocycles. The minimum absolute atomic E-state index is 0.214. The van der Waals surface area contributed by atoms with Crippen molar-refractivity contribution >= 4 is 11.9 Å². The van der Waals surface area contributed by atoms with Crippen molar-refractivity contribution in [2.75, 3.05) is 13.7 Å². The lowest BCUT2D eigenvalue weighted by molar-refractivity contribution is -0.125. The van der Waals surface area contributed by atoms with E-state index in [9.17, 15) is 9.59 Å². The number of hydrogen-bond acceptors (Lipinski definition) is 4. The van der Waals surface area contributed by atoms with Crippen LogP contribution in [0.25, 0.3) is 0 Å². The highest BCUT2D eigenvalue weighted by Crippen LogP contribution is 2.23. The van der Waals surface area contributed by atoms with Crippen molar-refractivity contribution in [1.29, 1.82) is 0 Å². The molecule has 5 nitrogen and oxygen atoms in total. The number of esters is 1. The summed E-state index contributed by atoms with van der Waals surface area (Å²) in [5.41, 5.74) is 1.41. The maximum atomic E-state index is 11.9. The maximum Gasteiger partial charge on any atom is 0.338 e. The van der Waals surface area contributed by atoms with Crippen LogP contribution in [0.5, 0.6) is 0 Å². The molecular weight excluding hydrogens is 294 g/mol. The smallest absolute Gasteiger partial charge is 0.338 e. The zero-order chi connectivity index (χ0) is 16.7. The number of rotatable bonds is 6. The van der Waals surface area contributed by atoms with Gasteiger partial charge in [0.2, 0.25) is 0 Å². The fourth-order valence-electron chi connectivity index (χ4n) is 2.79. The molecule has 1 fully saturated rings. The third-order valence-corrected chi connectivity index (χ3v) is 4.22. The Morgan fingerprint density at radius 3 is 2.39 bits per heavy atom. The average Bonchev–Trinajstić information content (AvgIpc) is 2.56. The van der Waals surface area contributed by atoms with Crippen LogP contribution < -0.4 is 5.32 Å². The van der Waals surface area contributed by atoms with E-state index in [1.54, 1.807) is 19.2 Å². The van der Waals surface area contributed by atoms with E-state index in [4.69, 9.17) is 9.47 Å². The minimum Gasteiger partial charge on any atom is -0.452 e. The molecule has 1 amide bonds. The van der Waals surface area contributed by atoms with Gasteiger partial charge in [-0.25, -0.2) is 4.79 Å². The van der Waals surface area contributed by atoms with E-state index >= 15 is 0 Å². The number of nitrogens with one attached hydrogen (secondary N) is 1. The molecule has 23 heavy (non-hydrogen) atoms. The second-order valence-corrected chi connectivity index (χ2v) is 6.23. The molecule has 0 heterocycles. The summed E-state index contributed by atoms with van der Waals surface area (Å²) >= 11 is 0. The van der Waals surface area contributed by atoms with Crippen molar-refractivity contribution in [3.05, 3.63) is 35.4 Å². The van der Waals surface area contributed by atoms with Gasteiger partial charge in [0.05, 0.1) is 12.2 Å². The predicted octanol–water partition coefficient (Wildman–Crippen LogP) is 2.68. The Bertz CT molecular complexity index is 518. The number of amides is 1. The lowest BCUT2D eigenvalue weighted by Gasteiger charge is -2.26. The van der Waals surface area contributed by atoms with Crippen molar-refractivity contribution in [3.63, 3.8) is 0 Å². The normalized spacial score (nSPS) is 20.8. The fraction of sp³-hybridized carbons (Fsp3) is 0.556. The fourth-order valence-corrected chi connectivity index (χ4v) is 2.79. The van der Waals surface area contributed by atoms with Crippen LogP contribution in [0.15, 0.2) is 24.3 Å². The first-order valence-electron chi connectivity index (χ1n) is 8.13. The molecule has 5 heteroatoms. The van der Waals surface area contributed by atoms with Gasteiger partial charge in [-0.05, 0) is 49.3 Å². The van der Waals surface area contributed by atoms with Gasteiger partial charge in [-0.3, -0.25) is 4.79 Å². The van der Waals surface area contributed by atoms with Crippen molar-refractivity contribution in [1.82, 2.24) is 5.32 Å². The molecule has 1 N–H and O–H groups in total. The van der Waals surface area contributed by atoms with Gasteiger partial charge in [0.1, 0.15) is 0 Å². The van der Waals surface area contributed by atoms with E-state index in [1.165, 1.54) is 0 Å². The number of carbonyl (C=O) groups is 2. The first-order chi connectivity index (χ1) is 11.1. The van der Waals surface area contributed by atoms with E-state index in [0.29, 0.717) is 12.2 Å². The first-order valence-corrected chi connectivity index (χ1v) is 8.13. The van der Waals surface area contributed by atoms with E-state index in [1.807, 2.05) is 12.1 Å². The monoisotopic (exact) mass is 319 g/mol. The van der Waals surface area contributed by atoms with Gasteiger partial charge in [0.25, 0.3) is 5.91 Å². The summed E-state index contributed by atoms with van der Waals surface area (Å²) in [6, 6.07) is 7.19. The molecule has 1 aromatic rings. The van der Waals surface area contributed by atoms with Crippen LogP contribution in [0.2, 0.25) is 0 Å². The SMILES string of the molecule is COCc1ccc(C(=O)OCC(=O)NC2CCC(C)CC2)cc1. The molecule has 1 aliphatic carbocycles. The largest absolute Gasteiger partial charge is 0.452 e. The van der Waals surface area contributed by atoms with Gasteiger partial charge in [0, 0.05) is 13.2 Å². The van der Waals surface area contributed by atoms with Crippen molar-refractivity contribution in [2.24, 2.45) is 5.92 Å². The third kappa shape index (κ3) is 5.67. The number of carbonyl (C=O) groups excluding carboxylic acids is 2. The van der Waals surface area contributed by atoms with E-state index < -0.39 is 5.97 Å². The van der Waals surface area contributed by atoms with Crippen LogP contribution in [0.4, 0.5) is 0 Å². The molecule has 0 aromatic heterocycles. The van der Waals surface area contributed by atoms with Crippen molar-refractivity contribution in [3.8, 4) is 0 Å². The Morgan fingerprint density at radius 2 is 1.78 bits per heavy atom.